The van der Waals surface area contributed by atoms with Gasteiger partial charge in [0.1, 0.15) is 0 Å². The summed E-state index contributed by atoms with van der Waals surface area (Å²) in [6.07, 6.45) is 0.917. The highest BCUT2D eigenvalue weighted by Crippen LogP contribution is 2.19. The fourth-order valence-corrected chi connectivity index (χ4v) is 2.05. The zero-order chi connectivity index (χ0) is 15.1. The van der Waals surface area contributed by atoms with Crippen LogP contribution in [0.3, 0.4) is 0 Å². The molecule has 0 aliphatic heterocycles. The summed E-state index contributed by atoms with van der Waals surface area (Å²) in [4.78, 5) is 11.8. The monoisotopic (exact) mass is 284 g/mol. The maximum absolute atomic E-state index is 11.8. The molecular weight excluding hydrogens is 264 g/mol. The van der Waals surface area contributed by atoms with Crippen molar-refractivity contribution < 1.29 is 9.53 Å². The van der Waals surface area contributed by atoms with E-state index < -0.39 is 0 Å². The first-order chi connectivity index (χ1) is 10.2. The van der Waals surface area contributed by atoms with Crippen LogP contribution in [0.2, 0.25) is 0 Å². The molecule has 2 aromatic rings. The van der Waals surface area contributed by atoms with Crippen LogP contribution < -0.4 is 11.1 Å². The lowest BCUT2D eigenvalue weighted by molar-refractivity contribution is 0.0527. The molecule has 4 heteroatoms. The lowest BCUT2D eigenvalue weighted by atomic mass is 10.1. The quantitative estimate of drug-likeness (QED) is 0.632. The fraction of sp³-hybridized carbons (Fsp3) is 0.235. The summed E-state index contributed by atoms with van der Waals surface area (Å²) >= 11 is 0. The van der Waals surface area contributed by atoms with Crippen molar-refractivity contribution in [3.05, 3.63) is 59.7 Å². The summed E-state index contributed by atoms with van der Waals surface area (Å²) in [5, 5.41) is 3.29. The molecule has 2 aromatic carbocycles. The molecule has 21 heavy (non-hydrogen) atoms. The number of anilines is 2. The second-order valence-corrected chi connectivity index (χ2v) is 4.68. The summed E-state index contributed by atoms with van der Waals surface area (Å²) in [6.45, 7) is 2.90. The zero-order valence-corrected chi connectivity index (χ0v) is 12.1. The van der Waals surface area contributed by atoms with E-state index in [1.165, 1.54) is 5.56 Å². The third-order valence-corrected chi connectivity index (χ3v) is 3.13. The van der Waals surface area contributed by atoms with Gasteiger partial charge in [-0.25, -0.2) is 4.79 Å². The Kier molecular flexibility index (Phi) is 5.21. The maximum Gasteiger partial charge on any atom is 0.340 e. The van der Waals surface area contributed by atoms with E-state index in [4.69, 9.17) is 10.5 Å². The number of hydrogen-bond donors (Lipinski definition) is 2. The van der Waals surface area contributed by atoms with E-state index in [0.29, 0.717) is 17.9 Å². The first-order valence-corrected chi connectivity index (χ1v) is 7.05. The smallest absolute Gasteiger partial charge is 0.340 e. The summed E-state index contributed by atoms with van der Waals surface area (Å²) in [5.74, 6) is -0.387. The third kappa shape index (κ3) is 4.24. The number of nitrogens with one attached hydrogen (secondary N) is 1. The van der Waals surface area contributed by atoms with Crippen molar-refractivity contribution in [2.45, 2.75) is 13.3 Å². The SMILES string of the molecule is CCOC(=O)c1cc(NCCc2ccccc2)ccc1N. The summed E-state index contributed by atoms with van der Waals surface area (Å²) < 4.78 is 4.99. The van der Waals surface area contributed by atoms with Crippen LogP contribution in [0.25, 0.3) is 0 Å². The minimum absolute atomic E-state index is 0.337. The van der Waals surface area contributed by atoms with Crippen LogP contribution in [0.1, 0.15) is 22.8 Å². The molecule has 2 rings (SSSR count). The van der Waals surface area contributed by atoms with E-state index in [0.717, 1.165) is 18.7 Å². The lowest BCUT2D eigenvalue weighted by Crippen LogP contribution is -2.10. The topological polar surface area (TPSA) is 64.3 Å². The van der Waals surface area contributed by atoms with Crippen LogP contribution in [-0.4, -0.2) is 19.1 Å². The molecule has 0 radical (unpaired) electrons. The third-order valence-electron chi connectivity index (χ3n) is 3.13. The maximum atomic E-state index is 11.8. The van der Waals surface area contributed by atoms with Crippen molar-refractivity contribution in [1.29, 1.82) is 0 Å². The molecule has 0 spiro atoms. The second-order valence-electron chi connectivity index (χ2n) is 4.68. The Balaban J connectivity index is 1.97. The van der Waals surface area contributed by atoms with Crippen LogP contribution in [0.5, 0.6) is 0 Å². The van der Waals surface area contributed by atoms with Gasteiger partial charge in [0.25, 0.3) is 0 Å². The largest absolute Gasteiger partial charge is 0.462 e. The Labute approximate surface area is 124 Å². The Morgan fingerprint density at radius 3 is 2.67 bits per heavy atom. The number of carbonyl (C=O) groups is 1. The van der Waals surface area contributed by atoms with Crippen molar-refractivity contribution in [1.82, 2.24) is 0 Å². The van der Waals surface area contributed by atoms with Gasteiger partial charge in [0.15, 0.2) is 0 Å². The number of esters is 1. The highest BCUT2D eigenvalue weighted by Gasteiger charge is 2.11. The average molecular weight is 284 g/mol. The average Bonchev–Trinajstić information content (AvgIpc) is 2.50. The van der Waals surface area contributed by atoms with Crippen molar-refractivity contribution in [3.8, 4) is 0 Å². The Morgan fingerprint density at radius 1 is 1.19 bits per heavy atom. The Bertz CT molecular complexity index is 597. The molecule has 0 aliphatic carbocycles. The number of rotatable bonds is 6. The fourth-order valence-electron chi connectivity index (χ4n) is 2.05. The van der Waals surface area contributed by atoms with Gasteiger partial charge in [-0.1, -0.05) is 30.3 Å². The number of carbonyl (C=O) groups excluding carboxylic acids is 1. The van der Waals surface area contributed by atoms with Gasteiger partial charge in [-0.3, -0.25) is 0 Å². The van der Waals surface area contributed by atoms with Crippen molar-refractivity contribution >= 4 is 17.3 Å². The molecule has 0 amide bonds. The van der Waals surface area contributed by atoms with Crippen LogP contribution in [0, 0.1) is 0 Å². The molecule has 0 saturated heterocycles. The summed E-state index contributed by atoms with van der Waals surface area (Å²) in [5.41, 5.74) is 8.78. The van der Waals surface area contributed by atoms with Crippen molar-refractivity contribution in [3.63, 3.8) is 0 Å². The van der Waals surface area contributed by atoms with Gasteiger partial charge in [0, 0.05) is 17.9 Å². The molecule has 0 atom stereocenters. The first kappa shape index (κ1) is 14.9. The normalized spacial score (nSPS) is 10.1. The molecule has 0 heterocycles. The van der Waals surface area contributed by atoms with Gasteiger partial charge in [0.05, 0.1) is 12.2 Å². The molecule has 4 nitrogen and oxygen atoms in total. The van der Waals surface area contributed by atoms with Gasteiger partial charge in [-0.2, -0.15) is 0 Å². The Morgan fingerprint density at radius 2 is 1.95 bits per heavy atom. The van der Waals surface area contributed by atoms with E-state index in [1.807, 2.05) is 24.3 Å². The summed E-state index contributed by atoms with van der Waals surface area (Å²) in [6, 6.07) is 15.6. The second kappa shape index (κ2) is 7.33. The van der Waals surface area contributed by atoms with E-state index in [1.54, 1.807) is 19.1 Å². The zero-order valence-electron chi connectivity index (χ0n) is 12.1. The predicted octanol–water partition coefficient (Wildman–Crippen LogP) is 3.10. The minimum atomic E-state index is -0.387. The molecule has 0 aromatic heterocycles. The molecule has 3 N–H and O–H groups in total. The highest BCUT2D eigenvalue weighted by atomic mass is 16.5. The van der Waals surface area contributed by atoms with Crippen molar-refractivity contribution in [2.75, 3.05) is 24.2 Å². The van der Waals surface area contributed by atoms with Gasteiger partial charge < -0.3 is 15.8 Å². The van der Waals surface area contributed by atoms with Crippen LogP contribution in [0.15, 0.2) is 48.5 Å². The van der Waals surface area contributed by atoms with E-state index in [2.05, 4.69) is 17.4 Å². The van der Waals surface area contributed by atoms with Gasteiger partial charge in [0.2, 0.25) is 0 Å². The standard InChI is InChI=1S/C17H20N2O2/c1-2-21-17(20)15-12-14(8-9-16(15)18)19-11-10-13-6-4-3-5-7-13/h3-9,12,19H,2,10-11,18H2,1H3. The number of nitrogens with two attached hydrogens (primary N) is 1. The molecule has 0 aliphatic rings. The number of nitrogen functional groups attached to an aromatic ring is 1. The molecule has 0 bridgehead atoms. The lowest BCUT2D eigenvalue weighted by Gasteiger charge is -2.10. The molecule has 110 valence electrons. The molecule has 0 unspecified atom stereocenters. The van der Waals surface area contributed by atoms with E-state index >= 15 is 0 Å². The minimum Gasteiger partial charge on any atom is -0.462 e. The van der Waals surface area contributed by atoms with Gasteiger partial charge in [-0.05, 0) is 37.1 Å². The van der Waals surface area contributed by atoms with Crippen molar-refractivity contribution in [2.24, 2.45) is 0 Å². The van der Waals surface area contributed by atoms with Crippen LogP contribution >= 0.6 is 0 Å². The predicted molar refractivity (Wildman–Crippen MR) is 85.4 cm³/mol. The number of hydrogen-bond acceptors (Lipinski definition) is 4. The van der Waals surface area contributed by atoms with Gasteiger partial charge >= 0.3 is 5.97 Å². The van der Waals surface area contributed by atoms with Crippen LogP contribution in [-0.2, 0) is 11.2 Å². The molecular formula is C17H20N2O2. The first-order valence-electron chi connectivity index (χ1n) is 7.05. The molecule has 0 fully saturated rings. The van der Waals surface area contributed by atoms with E-state index in [-0.39, 0.29) is 5.97 Å². The number of ether oxygens (including phenoxy) is 1. The number of benzene rings is 2. The molecule has 0 saturated carbocycles. The Hall–Kier alpha value is -2.49. The highest BCUT2D eigenvalue weighted by molar-refractivity contribution is 5.96. The van der Waals surface area contributed by atoms with Gasteiger partial charge in [-0.15, -0.1) is 0 Å². The summed E-state index contributed by atoms with van der Waals surface area (Å²) in [7, 11) is 0. The van der Waals surface area contributed by atoms with E-state index in [9.17, 15) is 4.79 Å². The van der Waals surface area contributed by atoms with Crippen LogP contribution in [0.4, 0.5) is 11.4 Å².